The van der Waals surface area contributed by atoms with Crippen LogP contribution in [-0.2, 0) is 26.2 Å². The molecule has 6 rings (SSSR count). The third-order valence-corrected chi connectivity index (χ3v) is 7.53. The van der Waals surface area contributed by atoms with E-state index in [0.29, 0.717) is 30.2 Å². The van der Waals surface area contributed by atoms with Gasteiger partial charge >= 0.3 is 0 Å². The van der Waals surface area contributed by atoms with Gasteiger partial charge in [-0.1, -0.05) is 91.0 Å². The number of nitrogens with one attached hydrogen (secondary N) is 1. The number of benzene rings is 4. The zero-order chi connectivity index (χ0) is 27.5. The second kappa shape index (κ2) is 11.1. The summed E-state index contributed by atoms with van der Waals surface area (Å²) in [5.41, 5.74) is 3.88. The monoisotopic (exact) mass is 536 g/mol. The van der Waals surface area contributed by atoms with Gasteiger partial charge in [0.1, 0.15) is 0 Å². The van der Waals surface area contributed by atoms with E-state index in [9.17, 15) is 4.79 Å². The Bertz CT molecular complexity index is 1370. The molecule has 0 saturated heterocycles. The summed E-state index contributed by atoms with van der Waals surface area (Å²) in [5, 5.41) is 3.85. The lowest BCUT2D eigenvalue weighted by molar-refractivity contribution is -0.144. The summed E-state index contributed by atoms with van der Waals surface area (Å²) in [7, 11) is 1.54. The molecule has 4 aromatic rings. The van der Waals surface area contributed by atoms with Crippen molar-refractivity contribution in [3.05, 3.63) is 125 Å². The van der Waals surface area contributed by atoms with Crippen molar-refractivity contribution < 1.29 is 23.7 Å². The highest BCUT2D eigenvalue weighted by atomic mass is 16.7. The van der Waals surface area contributed by atoms with Gasteiger partial charge in [-0.05, 0) is 41.7 Å². The molecule has 7 nitrogen and oxygen atoms in total. The van der Waals surface area contributed by atoms with Crippen molar-refractivity contribution in [1.29, 1.82) is 0 Å². The van der Waals surface area contributed by atoms with E-state index in [2.05, 4.69) is 41.7 Å². The summed E-state index contributed by atoms with van der Waals surface area (Å²) in [6, 6.07) is 33.9. The fraction of sp³-hybridized carbons (Fsp3) is 0.242. The molecule has 1 unspecified atom stereocenters. The highest BCUT2D eigenvalue weighted by Crippen LogP contribution is 2.43. The number of hydrogen-bond acceptors (Lipinski definition) is 6. The van der Waals surface area contributed by atoms with Gasteiger partial charge in [0.25, 0.3) is 0 Å². The second-order valence-corrected chi connectivity index (χ2v) is 9.79. The smallest absolute Gasteiger partial charge is 0.248 e. The van der Waals surface area contributed by atoms with Crippen LogP contribution < -0.4 is 19.7 Å². The number of hydrogen-bond donors (Lipinski definition) is 1. The number of carbonyl (C=O) groups excluding carboxylic acids is 1. The van der Waals surface area contributed by atoms with E-state index in [1.807, 2.05) is 73.7 Å². The lowest BCUT2D eigenvalue weighted by Gasteiger charge is -2.44. The number of methoxy groups -OCH3 is 1. The molecule has 0 spiro atoms. The first-order valence-electron chi connectivity index (χ1n) is 13.5. The van der Waals surface area contributed by atoms with Gasteiger partial charge in [-0.2, -0.15) is 0 Å². The van der Waals surface area contributed by atoms with Crippen LogP contribution >= 0.6 is 0 Å². The number of anilines is 1. The third kappa shape index (κ3) is 4.52. The van der Waals surface area contributed by atoms with Gasteiger partial charge in [-0.15, -0.1) is 0 Å². The fourth-order valence-corrected chi connectivity index (χ4v) is 5.75. The number of ether oxygens (including phenoxy) is 4. The van der Waals surface area contributed by atoms with Crippen LogP contribution in [0, 0.1) is 0 Å². The summed E-state index contributed by atoms with van der Waals surface area (Å²) < 4.78 is 22.9. The summed E-state index contributed by atoms with van der Waals surface area (Å²) in [6.07, 6.45) is -0.459. The number of rotatable bonds is 9. The first-order chi connectivity index (χ1) is 19.7. The van der Waals surface area contributed by atoms with E-state index in [-0.39, 0.29) is 12.7 Å². The van der Waals surface area contributed by atoms with Crippen LogP contribution in [0.4, 0.5) is 5.69 Å². The Kier molecular flexibility index (Phi) is 7.26. The van der Waals surface area contributed by atoms with E-state index >= 15 is 0 Å². The van der Waals surface area contributed by atoms with Crippen LogP contribution in [0.25, 0.3) is 0 Å². The standard InChI is InChI=1S/C33H32N2O5/c1-3-38-32(37-2)35-28-21-30-29(39-22-40-30)20-23(28)19-27(31(35)36)34-33(24-13-7-4-8-14-24,25-15-9-5-10-16-25)26-17-11-6-12-18-26/h4-18,20-21,27,32,34H,3,19,22H2,1-2H3/t27-,32?/m0/s1. The van der Waals surface area contributed by atoms with Crippen LogP contribution in [0.2, 0.25) is 0 Å². The molecule has 7 heteroatoms. The average Bonchev–Trinajstić information content (AvgIpc) is 3.47. The van der Waals surface area contributed by atoms with Crippen molar-refractivity contribution in [3.8, 4) is 11.5 Å². The summed E-state index contributed by atoms with van der Waals surface area (Å²) in [5.74, 6) is 1.11. The number of carbonyl (C=O) groups is 1. The van der Waals surface area contributed by atoms with E-state index < -0.39 is 18.0 Å². The van der Waals surface area contributed by atoms with Crippen LogP contribution in [0.3, 0.4) is 0 Å². The molecule has 0 radical (unpaired) electrons. The molecule has 0 bridgehead atoms. The maximum atomic E-state index is 14.5. The molecule has 0 aromatic heterocycles. The summed E-state index contributed by atoms with van der Waals surface area (Å²) >= 11 is 0. The van der Waals surface area contributed by atoms with E-state index in [1.165, 1.54) is 0 Å². The Morgan fingerprint density at radius 2 is 1.40 bits per heavy atom. The number of fused-ring (bicyclic) bond motifs is 2. The van der Waals surface area contributed by atoms with E-state index in [0.717, 1.165) is 22.3 Å². The molecule has 0 aliphatic carbocycles. The molecule has 1 N–H and O–H groups in total. The molecule has 40 heavy (non-hydrogen) atoms. The van der Waals surface area contributed by atoms with E-state index in [4.69, 9.17) is 18.9 Å². The van der Waals surface area contributed by atoms with Crippen LogP contribution in [0.1, 0.15) is 29.2 Å². The molecule has 0 saturated carbocycles. The van der Waals surface area contributed by atoms with Crippen molar-refractivity contribution in [3.63, 3.8) is 0 Å². The van der Waals surface area contributed by atoms with Gasteiger partial charge in [0.05, 0.1) is 17.3 Å². The second-order valence-electron chi connectivity index (χ2n) is 9.79. The topological polar surface area (TPSA) is 69.3 Å². The normalized spacial score (nSPS) is 17.0. The van der Waals surface area contributed by atoms with Gasteiger partial charge in [0.2, 0.25) is 19.1 Å². The molecule has 4 aromatic carbocycles. The van der Waals surface area contributed by atoms with Crippen LogP contribution in [0.5, 0.6) is 11.5 Å². The summed E-state index contributed by atoms with van der Waals surface area (Å²) in [4.78, 5) is 16.1. The zero-order valence-electron chi connectivity index (χ0n) is 22.6. The molecule has 2 aliphatic heterocycles. The van der Waals surface area contributed by atoms with Gasteiger partial charge in [0, 0.05) is 19.8 Å². The van der Waals surface area contributed by atoms with Gasteiger partial charge in [-0.3, -0.25) is 15.0 Å². The van der Waals surface area contributed by atoms with Crippen molar-refractivity contribution in [1.82, 2.24) is 5.32 Å². The van der Waals surface area contributed by atoms with Gasteiger partial charge in [-0.25, -0.2) is 0 Å². The molecular weight excluding hydrogens is 504 g/mol. The lowest BCUT2D eigenvalue weighted by Crippen LogP contribution is -2.60. The highest BCUT2D eigenvalue weighted by molar-refractivity contribution is 6.01. The SMILES string of the molecule is CCOC(OC)N1C(=O)[C@@H](NC(c2ccccc2)(c2ccccc2)c2ccccc2)Cc2cc3c(cc21)OCO3. The molecule has 0 fully saturated rings. The molecule has 2 heterocycles. The lowest BCUT2D eigenvalue weighted by atomic mass is 9.76. The first kappa shape index (κ1) is 26.1. The maximum Gasteiger partial charge on any atom is 0.248 e. The fourth-order valence-electron chi connectivity index (χ4n) is 5.75. The van der Waals surface area contributed by atoms with Crippen molar-refractivity contribution >= 4 is 11.6 Å². The molecule has 2 atom stereocenters. The minimum absolute atomic E-state index is 0.145. The average molecular weight is 537 g/mol. The quantitative estimate of drug-likeness (QED) is 0.234. The number of nitrogens with zero attached hydrogens (tertiary/aromatic N) is 1. The van der Waals surface area contributed by atoms with Crippen molar-refractivity contribution in [2.24, 2.45) is 0 Å². The van der Waals surface area contributed by atoms with Gasteiger partial charge < -0.3 is 18.9 Å². The predicted octanol–water partition coefficient (Wildman–Crippen LogP) is 5.22. The minimum Gasteiger partial charge on any atom is -0.454 e. The molecular formula is C33H32N2O5. The maximum absolute atomic E-state index is 14.5. The molecule has 2 aliphatic rings. The van der Waals surface area contributed by atoms with Crippen LogP contribution in [-0.4, -0.2) is 38.9 Å². The van der Waals surface area contributed by atoms with Crippen LogP contribution in [0.15, 0.2) is 103 Å². The van der Waals surface area contributed by atoms with Crippen molar-refractivity contribution in [2.75, 3.05) is 25.4 Å². The molecule has 204 valence electrons. The Balaban J connectivity index is 1.52. The third-order valence-electron chi connectivity index (χ3n) is 7.53. The zero-order valence-corrected chi connectivity index (χ0v) is 22.6. The Labute approximate surface area is 234 Å². The molecule has 1 amide bonds. The van der Waals surface area contributed by atoms with Gasteiger partial charge in [0.15, 0.2) is 11.5 Å². The van der Waals surface area contributed by atoms with Crippen molar-refractivity contribution in [2.45, 2.75) is 31.3 Å². The predicted molar refractivity (Wildman–Crippen MR) is 152 cm³/mol. The Morgan fingerprint density at radius 1 is 0.875 bits per heavy atom. The highest BCUT2D eigenvalue weighted by Gasteiger charge is 2.45. The van der Waals surface area contributed by atoms with E-state index in [1.54, 1.807) is 12.0 Å². The summed E-state index contributed by atoms with van der Waals surface area (Å²) in [6.45, 7) is 2.40. The Hall–Kier alpha value is -4.17. The first-order valence-corrected chi connectivity index (χ1v) is 13.5. The Morgan fingerprint density at radius 3 is 1.90 bits per heavy atom. The minimum atomic E-state index is -0.902. The largest absolute Gasteiger partial charge is 0.454 e. The number of amides is 1.